The van der Waals surface area contributed by atoms with Crippen molar-refractivity contribution in [1.29, 1.82) is 0 Å². The molecule has 18 heavy (non-hydrogen) atoms. The fraction of sp³-hybridized carbons (Fsp3) is 0.583. The Bertz CT molecular complexity index is 386. The molecule has 1 rings (SSSR count). The van der Waals surface area contributed by atoms with E-state index in [2.05, 4.69) is 10.3 Å². The quantitative estimate of drug-likeness (QED) is 0.605. The summed E-state index contributed by atoms with van der Waals surface area (Å²) in [5, 5.41) is 2.62. The molecule has 102 valence electrons. The lowest BCUT2D eigenvalue weighted by atomic mass is 10.3. The third-order valence-corrected chi connectivity index (χ3v) is 2.20. The average Bonchev–Trinajstić information content (AvgIpc) is 2.29. The highest BCUT2D eigenvalue weighted by Crippen LogP contribution is 2.14. The van der Waals surface area contributed by atoms with Crippen molar-refractivity contribution in [1.82, 2.24) is 4.98 Å². The first-order chi connectivity index (χ1) is 8.50. The van der Waals surface area contributed by atoms with Gasteiger partial charge in [-0.25, -0.2) is 8.78 Å². The van der Waals surface area contributed by atoms with Crippen molar-refractivity contribution in [3.63, 3.8) is 0 Å². The van der Waals surface area contributed by atoms with Crippen LogP contribution in [0.3, 0.4) is 0 Å². The SMILES string of the molecule is CC(C)OCCCCNc1nc(F)c(F)cc1F. The number of rotatable bonds is 7. The maximum atomic E-state index is 13.2. The molecule has 1 heterocycles. The highest BCUT2D eigenvalue weighted by Gasteiger charge is 2.10. The van der Waals surface area contributed by atoms with Crippen LogP contribution in [0.1, 0.15) is 26.7 Å². The monoisotopic (exact) mass is 262 g/mol. The third-order valence-electron chi connectivity index (χ3n) is 2.20. The molecule has 0 saturated carbocycles. The molecular formula is C12H17F3N2O. The first-order valence-electron chi connectivity index (χ1n) is 5.87. The Morgan fingerprint density at radius 3 is 2.61 bits per heavy atom. The zero-order chi connectivity index (χ0) is 13.5. The van der Waals surface area contributed by atoms with Crippen LogP contribution in [-0.2, 0) is 4.74 Å². The Morgan fingerprint density at radius 2 is 1.94 bits per heavy atom. The smallest absolute Gasteiger partial charge is 0.251 e. The molecule has 0 aliphatic heterocycles. The summed E-state index contributed by atoms with van der Waals surface area (Å²) in [6.07, 6.45) is 1.71. The van der Waals surface area contributed by atoms with Crippen LogP contribution < -0.4 is 5.32 Å². The van der Waals surface area contributed by atoms with Gasteiger partial charge in [0.25, 0.3) is 5.95 Å². The van der Waals surface area contributed by atoms with E-state index in [1.54, 1.807) is 0 Å². The molecule has 0 unspecified atom stereocenters. The second-order valence-corrected chi connectivity index (χ2v) is 4.14. The lowest BCUT2D eigenvalue weighted by molar-refractivity contribution is 0.0765. The minimum atomic E-state index is -1.30. The number of nitrogens with one attached hydrogen (secondary N) is 1. The molecular weight excluding hydrogens is 245 g/mol. The van der Waals surface area contributed by atoms with Gasteiger partial charge in [0.15, 0.2) is 17.5 Å². The summed E-state index contributed by atoms with van der Waals surface area (Å²) >= 11 is 0. The first kappa shape index (κ1) is 14.8. The van der Waals surface area contributed by atoms with Crippen LogP contribution in [-0.4, -0.2) is 24.2 Å². The van der Waals surface area contributed by atoms with Crippen molar-refractivity contribution < 1.29 is 17.9 Å². The largest absolute Gasteiger partial charge is 0.379 e. The van der Waals surface area contributed by atoms with E-state index in [0.717, 1.165) is 12.8 Å². The maximum absolute atomic E-state index is 13.2. The average molecular weight is 262 g/mol. The zero-order valence-electron chi connectivity index (χ0n) is 10.5. The number of hydrogen-bond donors (Lipinski definition) is 1. The van der Waals surface area contributed by atoms with Gasteiger partial charge in [0.1, 0.15) is 0 Å². The number of nitrogens with zero attached hydrogens (tertiary/aromatic N) is 1. The fourth-order valence-corrected chi connectivity index (χ4v) is 1.32. The van der Waals surface area contributed by atoms with Crippen molar-refractivity contribution in [3.05, 3.63) is 23.6 Å². The van der Waals surface area contributed by atoms with Crippen molar-refractivity contribution >= 4 is 5.82 Å². The number of aromatic nitrogens is 1. The summed E-state index contributed by atoms with van der Waals surface area (Å²) in [5.41, 5.74) is 0. The lowest BCUT2D eigenvalue weighted by Crippen LogP contribution is -2.09. The number of ether oxygens (including phenoxy) is 1. The van der Waals surface area contributed by atoms with Crippen molar-refractivity contribution in [2.45, 2.75) is 32.8 Å². The molecule has 1 N–H and O–H groups in total. The molecule has 1 aromatic heterocycles. The van der Waals surface area contributed by atoms with Crippen LogP contribution in [0.2, 0.25) is 0 Å². The lowest BCUT2D eigenvalue weighted by Gasteiger charge is -2.08. The van der Waals surface area contributed by atoms with Crippen LogP contribution in [0.5, 0.6) is 0 Å². The van der Waals surface area contributed by atoms with Crippen LogP contribution in [0.25, 0.3) is 0 Å². The van der Waals surface area contributed by atoms with E-state index >= 15 is 0 Å². The molecule has 0 amide bonds. The standard InChI is InChI=1S/C12H17F3N2O/c1-8(2)18-6-4-3-5-16-12-10(14)7-9(13)11(15)17-12/h7-8H,3-6H2,1-2H3,(H,16,17). The van der Waals surface area contributed by atoms with E-state index in [4.69, 9.17) is 4.74 Å². The van der Waals surface area contributed by atoms with E-state index in [1.807, 2.05) is 13.8 Å². The Hall–Kier alpha value is -1.30. The fourth-order valence-electron chi connectivity index (χ4n) is 1.32. The highest BCUT2D eigenvalue weighted by atomic mass is 19.2. The summed E-state index contributed by atoms with van der Waals surface area (Å²) < 4.78 is 43.8. The van der Waals surface area contributed by atoms with E-state index in [0.29, 0.717) is 19.2 Å². The Labute approximate surface area is 104 Å². The summed E-state index contributed by atoms with van der Waals surface area (Å²) in [6.45, 7) is 4.93. The number of anilines is 1. The molecule has 1 aromatic rings. The molecule has 0 aliphatic carbocycles. The molecule has 0 bridgehead atoms. The number of hydrogen-bond acceptors (Lipinski definition) is 3. The van der Waals surface area contributed by atoms with E-state index in [1.165, 1.54) is 0 Å². The molecule has 0 spiro atoms. The van der Waals surface area contributed by atoms with Gasteiger partial charge in [-0.2, -0.15) is 9.37 Å². The highest BCUT2D eigenvalue weighted by molar-refractivity contribution is 5.35. The summed E-state index contributed by atoms with van der Waals surface area (Å²) in [4.78, 5) is 3.16. The van der Waals surface area contributed by atoms with Crippen molar-refractivity contribution in [2.24, 2.45) is 0 Å². The van der Waals surface area contributed by atoms with Crippen LogP contribution in [0.15, 0.2) is 6.07 Å². The Kier molecular flexibility index (Phi) is 5.91. The second kappa shape index (κ2) is 7.20. The van der Waals surface area contributed by atoms with Gasteiger partial charge in [0.2, 0.25) is 0 Å². The number of pyridine rings is 1. The van der Waals surface area contributed by atoms with Crippen LogP contribution in [0.4, 0.5) is 19.0 Å². The van der Waals surface area contributed by atoms with Crippen molar-refractivity contribution in [2.75, 3.05) is 18.5 Å². The van der Waals surface area contributed by atoms with E-state index < -0.39 is 17.6 Å². The minimum Gasteiger partial charge on any atom is -0.379 e. The second-order valence-electron chi connectivity index (χ2n) is 4.14. The third kappa shape index (κ3) is 4.91. The van der Waals surface area contributed by atoms with Gasteiger partial charge >= 0.3 is 0 Å². The molecule has 0 fully saturated rings. The van der Waals surface area contributed by atoms with Crippen molar-refractivity contribution in [3.8, 4) is 0 Å². The first-order valence-corrected chi connectivity index (χ1v) is 5.87. The minimum absolute atomic E-state index is 0.184. The number of unbranched alkanes of at least 4 members (excludes halogenated alkanes) is 1. The summed E-state index contributed by atoms with van der Waals surface area (Å²) in [5.74, 6) is -3.75. The molecule has 0 aliphatic rings. The summed E-state index contributed by atoms with van der Waals surface area (Å²) in [7, 11) is 0. The number of halogens is 3. The molecule has 0 aromatic carbocycles. The van der Waals surface area contributed by atoms with Gasteiger partial charge in [-0.05, 0) is 26.7 Å². The predicted octanol–water partition coefficient (Wildman–Crippen LogP) is 3.12. The van der Waals surface area contributed by atoms with Gasteiger partial charge in [-0.15, -0.1) is 0 Å². The molecule has 0 saturated heterocycles. The van der Waals surface area contributed by atoms with Gasteiger partial charge in [-0.1, -0.05) is 0 Å². The molecule has 6 heteroatoms. The normalized spacial score (nSPS) is 11.0. The molecule has 3 nitrogen and oxygen atoms in total. The van der Waals surface area contributed by atoms with Gasteiger partial charge in [0.05, 0.1) is 6.10 Å². The predicted molar refractivity (Wildman–Crippen MR) is 62.9 cm³/mol. The molecule has 0 radical (unpaired) electrons. The Balaban J connectivity index is 2.29. The van der Waals surface area contributed by atoms with E-state index in [-0.39, 0.29) is 11.9 Å². The van der Waals surface area contributed by atoms with Gasteiger partial charge < -0.3 is 10.1 Å². The van der Waals surface area contributed by atoms with Crippen LogP contribution >= 0.6 is 0 Å². The van der Waals surface area contributed by atoms with E-state index in [9.17, 15) is 13.2 Å². The van der Waals surface area contributed by atoms with Crippen LogP contribution in [0, 0.1) is 17.6 Å². The maximum Gasteiger partial charge on any atom is 0.251 e. The van der Waals surface area contributed by atoms with Gasteiger partial charge in [0, 0.05) is 19.2 Å². The Morgan fingerprint density at radius 1 is 1.22 bits per heavy atom. The summed E-state index contributed by atoms with van der Waals surface area (Å²) in [6, 6.07) is 0.479. The molecule has 0 atom stereocenters. The van der Waals surface area contributed by atoms with Gasteiger partial charge in [-0.3, -0.25) is 0 Å². The topological polar surface area (TPSA) is 34.1 Å². The zero-order valence-corrected chi connectivity index (χ0v) is 10.5.